The second kappa shape index (κ2) is 8.45. The molecule has 1 heterocycles. The molecule has 0 radical (unpaired) electrons. The molecule has 1 saturated carbocycles. The van der Waals surface area contributed by atoms with E-state index < -0.39 is 21.7 Å². The Balaban J connectivity index is 1.69. The minimum absolute atomic E-state index is 0.0656. The van der Waals surface area contributed by atoms with Crippen molar-refractivity contribution in [3.8, 4) is 0 Å². The summed E-state index contributed by atoms with van der Waals surface area (Å²) in [6.07, 6.45) is 6.55. The third-order valence-corrected chi connectivity index (χ3v) is 6.21. The average molecular weight is 415 g/mol. The van der Waals surface area contributed by atoms with Gasteiger partial charge in [0.05, 0.1) is 28.6 Å². The van der Waals surface area contributed by atoms with Gasteiger partial charge in [-0.05, 0) is 37.0 Å². The van der Waals surface area contributed by atoms with Crippen LogP contribution in [0.25, 0.3) is 5.70 Å². The fourth-order valence-electron chi connectivity index (χ4n) is 3.26. The van der Waals surface area contributed by atoms with Gasteiger partial charge in [0.1, 0.15) is 0 Å². The van der Waals surface area contributed by atoms with Gasteiger partial charge < -0.3 is 0 Å². The minimum Gasteiger partial charge on any atom is -0.274 e. The number of rotatable bonds is 6. The first kappa shape index (κ1) is 19.9. The lowest BCUT2D eigenvalue weighted by Gasteiger charge is -2.21. The number of hydrogen-bond donors (Lipinski definition) is 2. The predicted octanol–water partition coefficient (Wildman–Crippen LogP) is 3.43. The van der Waals surface area contributed by atoms with Gasteiger partial charge in [0.2, 0.25) is 10.0 Å². The maximum absolute atomic E-state index is 14.3. The van der Waals surface area contributed by atoms with Crippen molar-refractivity contribution in [2.24, 2.45) is 16.1 Å². The van der Waals surface area contributed by atoms with Gasteiger partial charge in [-0.25, -0.2) is 12.8 Å². The smallest absolute Gasteiger partial charge is 0.269 e. The first-order valence-corrected chi connectivity index (χ1v) is 10.8. The number of carbonyl (C=O) groups excluding carboxylic acids is 1. The first-order chi connectivity index (χ1) is 12.9. The molecule has 1 amide bonds. The highest BCUT2D eigenvalue weighted by atomic mass is 35.5. The Labute approximate surface area is 162 Å². The molecule has 1 aromatic carbocycles. The van der Waals surface area contributed by atoms with Crippen LogP contribution in [0.15, 0.2) is 28.4 Å². The van der Waals surface area contributed by atoms with Gasteiger partial charge in [-0.15, -0.1) is 4.83 Å². The van der Waals surface area contributed by atoms with Crippen LogP contribution in [0.2, 0.25) is 5.02 Å². The lowest BCUT2D eigenvalue weighted by atomic mass is 9.91. The van der Waals surface area contributed by atoms with Crippen LogP contribution < -0.4 is 10.3 Å². The molecule has 0 aromatic heterocycles. The molecule has 146 valence electrons. The van der Waals surface area contributed by atoms with Gasteiger partial charge >= 0.3 is 0 Å². The SMILES string of the molecule is O=C(NNS(=O)(=O)CC1CCCCC1)c1cc(C2=CCN=N2)cc(Cl)c1F. The van der Waals surface area contributed by atoms with E-state index in [0.717, 1.165) is 32.1 Å². The van der Waals surface area contributed by atoms with Crippen molar-refractivity contribution in [3.05, 3.63) is 40.2 Å². The second-order valence-electron chi connectivity index (χ2n) is 6.67. The average Bonchev–Trinajstić information content (AvgIpc) is 3.17. The summed E-state index contributed by atoms with van der Waals surface area (Å²) in [6, 6.07) is 2.61. The molecular formula is C17H20ClFN4O3S. The Kier molecular flexibility index (Phi) is 6.23. The third kappa shape index (κ3) is 5.12. The Hall–Kier alpha value is -1.84. The molecule has 10 heteroatoms. The summed E-state index contributed by atoms with van der Waals surface area (Å²) in [5, 5.41) is 7.43. The molecule has 1 fully saturated rings. The van der Waals surface area contributed by atoms with Gasteiger partial charge in [-0.3, -0.25) is 10.2 Å². The lowest BCUT2D eigenvalue weighted by molar-refractivity contribution is 0.0941. The van der Waals surface area contributed by atoms with E-state index in [2.05, 4.69) is 15.7 Å². The highest BCUT2D eigenvalue weighted by molar-refractivity contribution is 7.89. The van der Waals surface area contributed by atoms with Crippen molar-refractivity contribution in [3.63, 3.8) is 0 Å². The summed E-state index contributed by atoms with van der Waals surface area (Å²) < 4.78 is 38.6. The molecule has 0 spiro atoms. The van der Waals surface area contributed by atoms with Gasteiger partial charge in [0, 0.05) is 5.56 Å². The van der Waals surface area contributed by atoms with E-state index in [4.69, 9.17) is 11.6 Å². The van der Waals surface area contributed by atoms with Crippen LogP contribution >= 0.6 is 11.6 Å². The molecular weight excluding hydrogens is 395 g/mol. The number of hydrogen-bond acceptors (Lipinski definition) is 5. The number of halogens is 2. The maximum atomic E-state index is 14.3. The van der Waals surface area contributed by atoms with Gasteiger partial charge in [-0.2, -0.15) is 10.2 Å². The molecule has 0 saturated heterocycles. The molecule has 0 atom stereocenters. The molecule has 27 heavy (non-hydrogen) atoms. The van der Waals surface area contributed by atoms with E-state index in [1.807, 2.05) is 4.83 Å². The van der Waals surface area contributed by atoms with Crippen LogP contribution in [0.4, 0.5) is 4.39 Å². The van der Waals surface area contributed by atoms with E-state index >= 15 is 0 Å². The lowest BCUT2D eigenvalue weighted by Crippen LogP contribution is -2.44. The van der Waals surface area contributed by atoms with Crippen molar-refractivity contribution in [2.45, 2.75) is 32.1 Å². The summed E-state index contributed by atoms with van der Waals surface area (Å²) in [6.45, 7) is 0.396. The van der Waals surface area contributed by atoms with Crippen molar-refractivity contribution in [2.75, 3.05) is 12.3 Å². The number of carbonyl (C=O) groups is 1. The molecule has 0 unspecified atom stereocenters. The zero-order valence-electron chi connectivity index (χ0n) is 14.5. The fraction of sp³-hybridized carbons (Fsp3) is 0.471. The third-order valence-electron chi connectivity index (χ3n) is 4.61. The first-order valence-electron chi connectivity index (χ1n) is 8.72. The van der Waals surface area contributed by atoms with Crippen molar-refractivity contribution in [1.82, 2.24) is 10.3 Å². The number of azo groups is 1. The summed E-state index contributed by atoms with van der Waals surface area (Å²) in [7, 11) is -3.72. The van der Waals surface area contributed by atoms with Gasteiger partial charge in [-0.1, -0.05) is 30.9 Å². The van der Waals surface area contributed by atoms with E-state index in [-0.39, 0.29) is 22.3 Å². The van der Waals surface area contributed by atoms with Crippen molar-refractivity contribution < 1.29 is 17.6 Å². The predicted molar refractivity (Wildman–Crippen MR) is 100 cm³/mol. The highest BCUT2D eigenvalue weighted by Gasteiger charge is 2.23. The van der Waals surface area contributed by atoms with Crippen LogP contribution in [-0.4, -0.2) is 26.6 Å². The van der Waals surface area contributed by atoms with E-state index in [0.29, 0.717) is 17.8 Å². The molecule has 1 aliphatic heterocycles. The molecule has 2 N–H and O–H groups in total. The number of nitrogens with one attached hydrogen (secondary N) is 2. The largest absolute Gasteiger partial charge is 0.274 e. The van der Waals surface area contributed by atoms with Gasteiger partial charge in [0.15, 0.2) is 5.82 Å². The molecule has 0 bridgehead atoms. The summed E-state index contributed by atoms with van der Waals surface area (Å²) in [5.74, 6) is -1.86. The number of amides is 1. The van der Waals surface area contributed by atoms with Crippen LogP contribution in [0.1, 0.15) is 48.0 Å². The van der Waals surface area contributed by atoms with E-state index in [1.54, 1.807) is 6.08 Å². The Morgan fingerprint density at radius 1 is 1.26 bits per heavy atom. The zero-order valence-corrected chi connectivity index (χ0v) is 16.1. The standard InChI is InChI=1S/C17H20ClFN4O3S/c18-14-9-12(15-6-7-20-21-15)8-13(16(14)19)17(24)22-23-27(25,26)10-11-4-2-1-3-5-11/h6,8-9,11,23H,1-5,7,10H2,(H,22,24). The minimum atomic E-state index is -3.72. The second-order valence-corrected chi connectivity index (χ2v) is 8.85. The summed E-state index contributed by atoms with van der Waals surface area (Å²) >= 11 is 5.87. The Bertz CT molecular complexity index is 896. The molecule has 7 nitrogen and oxygen atoms in total. The maximum Gasteiger partial charge on any atom is 0.269 e. The number of benzene rings is 1. The normalized spacial score (nSPS) is 17.8. The Morgan fingerprint density at radius 3 is 2.67 bits per heavy atom. The number of sulfonamides is 1. The summed E-state index contributed by atoms with van der Waals surface area (Å²) in [4.78, 5) is 14.4. The topological polar surface area (TPSA) is 100.0 Å². The van der Waals surface area contributed by atoms with Crippen molar-refractivity contribution >= 4 is 33.2 Å². The molecule has 1 aromatic rings. The quantitative estimate of drug-likeness (QED) is 0.697. The number of hydrazine groups is 1. The molecule has 1 aliphatic carbocycles. The van der Waals surface area contributed by atoms with Crippen LogP contribution in [-0.2, 0) is 10.0 Å². The molecule has 2 aliphatic rings. The number of nitrogens with zero attached hydrogens (tertiary/aromatic N) is 2. The highest BCUT2D eigenvalue weighted by Crippen LogP contribution is 2.28. The monoisotopic (exact) mass is 414 g/mol. The zero-order chi connectivity index (χ0) is 19.4. The fourth-order valence-corrected chi connectivity index (χ4v) is 4.76. The van der Waals surface area contributed by atoms with Gasteiger partial charge in [0.25, 0.3) is 5.91 Å². The van der Waals surface area contributed by atoms with Crippen molar-refractivity contribution in [1.29, 1.82) is 0 Å². The molecule has 3 rings (SSSR count). The van der Waals surface area contributed by atoms with Crippen LogP contribution in [0.5, 0.6) is 0 Å². The Morgan fingerprint density at radius 2 is 2.00 bits per heavy atom. The van der Waals surface area contributed by atoms with Crippen LogP contribution in [0, 0.1) is 11.7 Å². The van der Waals surface area contributed by atoms with E-state index in [1.165, 1.54) is 12.1 Å². The van der Waals surface area contributed by atoms with Crippen LogP contribution in [0.3, 0.4) is 0 Å². The summed E-state index contributed by atoms with van der Waals surface area (Å²) in [5.41, 5.74) is 2.60. The van der Waals surface area contributed by atoms with E-state index in [9.17, 15) is 17.6 Å².